The number of β-amino-alcohol motifs (C(OH)–C–C–N with tert-alkyl or cyclic N) is 1. The van der Waals surface area contributed by atoms with Crippen molar-refractivity contribution >= 4 is 23.3 Å². The van der Waals surface area contributed by atoms with Crippen LogP contribution in [0.25, 0.3) is 0 Å². The second-order valence-corrected chi connectivity index (χ2v) is 8.14. The molecule has 2 heterocycles. The second-order valence-electron chi connectivity index (χ2n) is 7.14. The van der Waals surface area contributed by atoms with Crippen LogP contribution in [0.2, 0.25) is 0 Å². The summed E-state index contributed by atoms with van der Waals surface area (Å²) in [6, 6.07) is 8.97. The molecular formula is C20H22N2O4S. The Labute approximate surface area is 161 Å². The Balaban J connectivity index is 1.43. The second kappa shape index (κ2) is 6.98. The third-order valence-corrected chi connectivity index (χ3v) is 6.17. The first-order chi connectivity index (χ1) is 13.0. The Morgan fingerprint density at radius 3 is 2.85 bits per heavy atom. The van der Waals surface area contributed by atoms with Crippen LogP contribution in [0, 0.1) is 6.92 Å². The number of thiophene rings is 1. The molecule has 3 amide bonds. The Hall–Kier alpha value is -2.38. The van der Waals surface area contributed by atoms with Gasteiger partial charge >= 0.3 is 6.03 Å². The minimum atomic E-state index is -0.970. The van der Waals surface area contributed by atoms with Gasteiger partial charge in [-0.2, -0.15) is 0 Å². The van der Waals surface area contributed by atoms with Gasteiger partial charge < -0.3 is 15.2 Å². The number of urea groups is 1. The highest BCUT2D eigenvalue weighted by molar-refractivity contribution is 7.10. The molecule has 1 aliphatic heterocycles. The number of aliphatic hydroxyl groups is 1. The zero-order valence-electron chi connectivity index (χ0n) is 15.1. The molecule has 2 aromatic rings. The smallest absolute Gasteiger partial charge is 0.325 e. The Morgan fingerprint density at radius 2 is 2.07 bits per heavy atom. The van der Waals surface area contributed by atoms with E-state index in [1.54, 1.807) is 11.3 Å². The van der Waals surface area contributed by atoms with E-state index in [-0.39, 0.29) is 19.1 Å². The van der Waals surface area contributed by atoms with E-state index in [1.165, 1.54) is 0 Å². The van der Waals surface area contributed by atoms with Gasteiger partial charge in [0.1, 0.15) is 24.0 Å². The Morgan fingerprint density at radius 1 is 1.30 bits per heavy atom. The first-order valence-electron chi connectivity index (χ1n) is 9.08. The fourth-order valence-electron chi connectivity index (χ4n) is 3.80. The van der Waals surface area contributed by atoms with Crippen molar-refractivity contribution in [3.8, 4) is 5.75 Å². The van der Waals surface area contributed by atoms with Crippen molar-refractivity contribution in [2.45, 2.75) is 37.8 Å². The standard InChI is InChI=1S/C20H22N2O4S/c1-13-4-6-15(7-5-13)26-12-14(23)11-22-18(24)20(21-19(22)25)9-2-3-17-16(20)8-10-27-17/h4-8,10,14,23H,2-3,9,11-12H2,1H3,(H,21,25)/t14-,20-/m1/s1. The van der Waals surface area contributed by atoms with Crippen molar-refractivity contribution in [2.75, 3.05) is 13.2 Å². The topological polar surface area (TPSA) is 78.9 Å². The van der Waals surface area contributed by atoms with Gasteiger partial charge in [0.2, 0.25) is 0 Å². The summed E-state index contributed by atoms with van der Waals surface area (Å²) in [5.41, 5.74) is 1.06. The van der Waals surface area contributed by atoms with Gasteiger partial charge in [0.05, 0.1) is 6.54 Å². The average molecular weight is 386 g/mol. The predicted molar refractivity (Wildman–Crippen MR) is 102 cm³/mol. The van der Waals surface area contributed by atoms with Crippen LogP contribution in [-0.4, -0.2) is 41.2 Å². The van der Waals surface area contributed by atoms with E-state index in [4.69, 9.17) is 4.74 Å². The minimum Gasteiger partial charge on any atom is -0.491 e. The molecule has 2 aliphatic rings. The molecule has 0 saturated carbocycles. The lowest BCUT2D eigenvalue weighted by Crippen LogP contribution is -2.46. The number of amides is 3. The lowest BCUT2D eigenvalue weighted by atomic mass is 9.80. The summed E-state index contributed by atoms with van der Waals surface area (Å²) in [6.07, 6.45) is 1.42. The van der Waals surface area contributed by atoms with Crippen LogP contribution in [0.4, 0.5) is 4.79 Å². The first-order valence-corrected chi connectivity index (χ1v) is 9.96. The molecule has 1 aliphatic carbocycles. The molecule has 2 N–H and O–H groups in total. The molecule has 0 bridgehead atoms. The summed E-state index contributed by atoms with van der Waals surface area (Å²) in [5.74, 6) is 0.366. The summed E-state index contributed by atoms with van der Waals surface area (Å²) in [4.78, 5) is 27.9. The lowest BCUT2D eigenvalue weighted by Gasteiger charge is -2.31. The maximum atomic E-state index is 13.1. The predicted octanol–water partition coefficient (Wildman–Crippen LogP) is 2.58. The quantitative estimate of drug-likeness (QED) is 0.774. The number of fused-ring (bicyclic) bond motifs is 2. The van der Waals surface area contributed by atoms with Crippen LogP contribution in [0.5, 0.6) is 5.75 Å². The molecule has 7 heteroatoms. The number of rotatable bonds is 5. The minimum absolute atomic E-state index is 0.0107. The Bertz CT molecular complexity index is 863. The number of imide groups is 1. The van der Waals surface area contributed by atoms with Gasteiger partial charge in [0.25, 0.3) is 5.91 Å². The Kier molecular flexibility index (Phi) is 4.65. The SMILES string of the molecule is Cc1ccc(OC[C@H](O)CN2C(=O)N[C@@]3(CCCc4sccc43)C2=O)cc1. The van der Waals surface area contributed by atoms with Crippen molar-refractivity contribution < 1.29 is 19.4 Å². The van der Waals surface area contributed by atoms with Gasteiger partial charge in [-0.25, -0.2) is 4.79 Å². The largest absolute Gasteiger partial charge is 0.491 e. The van der Waals surface area contributed by atoms with Crippen molar-refractivity contribution in [3.63, 3.8) is 0 Å². The highest BCUT2D eigenvalue weighted by atomic mass is 32.1. The third kappa shape index (κ3) is 3.21. The lowest BCUT2D eigenvalue weighted by molar-refractivity contribution is -0.133. The normalized spacial score (nSPS) is 22.7. The monoisotopic (exact) mass is 386 g/mol. The number of benzene rings is 1. The van der Waals surface area contributed by atoms with E-state index in [0.717, 1.165) is 33.7 Å². The molecular weight excluding hydrogens is 364 g/mol. The molecule has 1 spiro atoms. The summed E-state index contributed by atoms with van der Waals surface area (Å²) >= 11 is 1.62. The number of ether oxygens (including phenoxy) is 1. The van der Waals surface area contributed by atoms with Gasteiger partial charge in [-0.3, -0.25) is 9.69 Å². The number of hydrogen-bond donors (Lipinski definition) is 2. The molecule has 142 valence electrons. The highest BCUT2D eigenvalue weighted by Crippen LogP contribution is 2.42. The van der Waals surface area contributed by atoms with Gasteiger partial charge in [0, 0.05) is 10.4 Å². The molecule has 1 aromatic carbocycles. The van der Waals surface area contributed by atoms with Gasteiger partial charge in [-0.05, 0) is 49.8 Å². The fraction of sp³-hybridized carbons (Fsp3) is 0.400. The molecule has 4 rings (SSSR count). The number of aryl methyl sites for hydroxylation is 2. The third-order valence-electron chi connectivity index (χ3n) is 5.19. The van der Waals surface area contributed by atoms with Gasteiger partial charge in [-0.15, -0.1) is 11.3 Å². The number of nitrogens with zero attached hydrogens (tertiary/aromatic N) is 1. The average Bonchev–Trinajstić information content (AvgIpc) is 3.22. The number of carbonyl (C=O) groups excluding carboxylic acids is 2. The molecule has 0 radical (unpaired) electrons. The molecule has 2 atom stereocenters. The molecule has 0 unspecified atom stereocenters. The first kappa shape index (κ1) is 18.0. The maximum Gasteiger partial charge on any atom is 0.325 e. The number of hydrogen-bond acceptors (Lipinski definition) is 5. The molecule has 1 fully saturated rings. The van der Waals surface area contributed by atoms with Crippen molar-refractivity contribution in [3.05, 3.63) is 51.7 Å². The van der Waals surface area contributed by atoms with E-state index in [9.17, 15) is 14.7 Å². The summed E-state index contributed by atoms with van der Waals surface area (Å²) < 4.78 is 5.57. The highest BCUT2D eigenvalue weighted by Gasteiger charge is 2.54. The van der Waals surface area contributed by atoms with E-state index in [1.807, 2.05) is 42.6 Å². The van der Waals surface area contributed by atoms with Crippen LogP contribution in [0.3, 0.4) is 0 Å². The number of aliphatic hydroxyl groups excluding tert-OH is 1. The zero-order valence-corrected chi connectivity index (χ0v) is 15.9. The van der Waals surface area contributed by atoms with E-state index in [0.29, 0.717) is 12.2 Å². The summed E-state index contributed by atoms with van der Waals surface area (Å²) in [5, 5.41) is 15.2. The van der Waals surface area contributed by atoms with Crippen molar-refractivity contribution in [1.82, 2.24) is 10.2 Å². The zero-order chi connectivity index (χ0) is 19.0. The van der Waals surface area contributed by atoms with Gasteiger partial charge in [-0.1, -0.05) is 17.7 Å². The molecule has 27 heavy (non-hydrogen) atoms. The van der Waals surface area contributed by atoms with Crippen molar-refractivity contribution in [1.29, 1.82) is 0 Å². The summed E-state index contributed by atoms with van der Waals surface area (Å²) in [7, 11) is 0. The van der Waals surface area contributed by atoms with E-state index in [2.05, 4.69) is 5.32 Å². The van der Waals surface area contributed by atoms with Crippen LogP contribution in [0.15, 0.2) is 35.7 Å². The fourth-order valence-corrected chi connectivity index (χ4v) is 4.80. The van der Waals surface area contributed by atoms with Crippen LogP contribution >= 0.6 is 11.3 Å². The van der Waals surface area contributed by atoms with E-state index < -0.39 is 17.7 Å². The molecule has 1 aromatic heterocycles. The maximum absolute atomic E-state index is 13.1. The molecule has 1 saturated heterocycles. The summed E-state index contributed by atoms with van der Waals surface area (Å²) in [6.45, 7) is 1.91. The van der Waals surface area contributed by atoms with E-state index >= 15 is 0 Å². The number of carbonyl (C=O) groups is 2. The van der Waals surface area contributed by atoms with Crippen LogP contribution < -0.4 is 10.1 Å². The van der Waals surface area contributed by atoms with Crippen molar-refractivity contribution in [2.24, 2.45) is 0 Å². The molecule has 6 nitrogen and oxygen atoms in total. The van der Waals surface area contributed by atoms with Crippen LogP contribution in [-0.2, 0) is 16.8 Å². The van der Waals surface area contributed by atoms with Crippen LogP contribution in [0.1, 0.15) is 28.8 Å². The number of nitrogens with one attached hydrogen (secondary N) is 1. The van der Waals surface area contributed by atoms with Gasteiger partial charge in [0.15, 0.2) is 0 Å².